The van der Waals surface area contributed by atoms with Gasteiger partial charge in [0.25, 0.3) is 0 Å². The zero-order valence-corrected chi connectivity index (χ0v) is 18.6. The van der Waals surface area contributed by atoms with Crippen molar-refractivity contribution >= 4 is 5.97 Å². The molecule has 11 heteroatoms. The summed E-state index contributed by atoms with van der Waals surface area (Å²) in [4.78, 5) is 12.9. The summed E-state index contributed by atoms with van der Waals surface area (Å²) in [6, 6.07) is 11.1. The van der Waals surface area contributed by atoms with E-state index >= 15 is 0 Å². The molecule has 7 nitrogen and oxygen atoms in total. The van der Waals surface area contributed by atoms with Gasteiger partial charge in [-0.25, -0.2) is 18.3 Å². The molecule has 0 radical (unpaired) electrons. The van der Waals surface area contributed by atoms with Gasteiger partial charge in [-0.05, 0) is 49.4 Å². The Labute approximate surface area is 196 Å². The van der Waals surface area contributed by atoms with Crippen LogP contribution in [0.1, 0.15) is 23.0 Å². The summed E-state index contributed by atoms with van der Waals surface area (Å²) in [6.45, 7) is -0.514. The first-order chi connectivity index (χ1) is 16.8. The average molecular weight is 489 g/mol. The summed E-state index contributed by atoms with van der Waals surface area (Å²) in [5.41, 5.74) is -1.21. The highest BCUT2D eigenvalue weighted by Crippen LogP contribution is 2.41. The van der Waals surface area contributed by atoms with Gasteiger partial charge in [0.2, 0.25) is 0 Å². The van der Waals surface area contributed by atoms with Crippen LogP contribution in [0.25, 0.3) is 28.3 Å². The molecule has 0 saturated carbocycles. The van der Waals surface area contributed by atoms with Crippen LogP contribution < -0.4 is 4.74 Å². The van der Waals surface area contributed by atoms with Gasteiger partial charge in [0, 0.05) is 5.56 Å². The lowest BCUT2D eigenvalue weighted by Crippen LogP contribution is -2.22. The minimum Gasteiger partial charge on any atom is -0.497 e. The molecular weight excluding hydrogens is 470 g/mol. The minimum atomic E-state index is -4.06. The zero-order valence-electron chi connectivity index (χ0n) is 18.6. The molecule has 0 aliphatic rings. The van der Waals surface area contributed by atoms with Crippen LogP contribution in [-0.2, 0) is 10.7 Å². The maximum absolute atomic E-state index is 14.9. The molecule has 4 rings (SSSR count). The van der Waals surface area contributed by atoms with Crippen molar-refractivity contribution in [3.63, 3.8) is 0 Å². The predicted molar refractivity (Wildman–Crippen MR) is 117 cm³/mol. The van der Waals surface area contributed by atoms with Gasteiger partial charge in [0.1, 0.15) is 28.5 Å². The highest BCUT2D eigenvalue weighted by molar-refractivity contribution is 6.02. The Morgan fingerprint density at radius 3 is 2.54 bits per heavy atom. The number of benzene rings is 2. The predicted octanol–water partition coefficient (Wildman–Crippen LogP) is 5.58. The van der Waals surface area contributed by atoms with Crippen molar-refractivity contribution in [2.24, 2.45) is 0 Å². The number of halogens is 4. The Morgan fingerprint density at radius 2 is 1.91 bits per heavy atom. The first kappa shape index (κ1) is 24.0. The molecule has 182 valence electrons. The van der Waals surface area contributed by atoms with Crippen molar-refractivity contribution < 1.29 is 36.4 Å². The maximum atomic E-state index is 14.9. The third kappa shape index (κ3) is 4.48. The third-order valence-corrected chi connectivity index (χ3v) is 5.12. The standard InChI is InChI=1S/C24H19F4N3O4/c1-3-34-23(32)19-20(14-7-9-17(33-2)10-8-14)30-35-21(19)18-12-29-31(22(18)24(27,28)13-25)16-6-4-5-15(26)11-16/h4-12H,3,13H2,1-2H3. The Kier molecular flexibility index (Phi) is 6.59. The van der Waals surface area contributed by atoms with Crippen molar-refractivity contribution in [3.05, 3.63) is 71.8 Å². The van der Waals surface area contributed by atoms with Crippen molar-refractivity contribution in [1.82, 2.24) is 14.9 Å². The van der Waals surface area contributed by atoms with E-state index in [-0.39, 0.29) is 29.3 Å². The van der Waals surface area contributed by atoms with Crippen molar-refractivity contribution in [2.75, 3.05) is 20.4 Å². The van der Waals surface area contributed by atoms with Crippen LogP contribution >= 0.6 is 0 Å². The fourth-order valence-electron chi connectivity index (χ4n) is 3.55. The number of ether oxygens (including phenoxy) is 2. The lowest BCUT2D eigenvalue weighted by molar-refractivity contribution is -0.0338. The number of methoxy groups -OCH3 is 1. The van der Waals surface area contributed by atoms with E-state index in [1.54, 1.807) is 31.2 Å². The first-order valence-electron chi connectivity index (χ1n) is 10.4. The number of rotatable bonds is 8. The fraction of sp³-hybridized carbons (Fsp3) is 0.208. The van der Waals surface area contributed by atoms with Crippen LogP contribution in [-0.4, -0.2) is 41.3 Å². The van der Waals surface area contributed by atoms with Crippen LogP contribution in [0.4, 0.5) is 17.6 Å². The van der Waals surface area contributed by atoms with Crippen molar-refractivity contribution in [3.8, 4) is 34.0 Å². The normalized spacial score (nSPS) is 11.5. The molecule has 0 atom stereocenters. The second-order valence-electron chi connectivity index (χ2n) is 7.32. The van der Waals surface area contributed by atoms with Crippen LogP contribution in [0.2, 0.25) is 0 Å². The van der Waals surface area contributed by atoms with Gasteiger partial charge in [-0.2, -0.15) is 13.9 Å². The van der Waals surface area contributed by atoms with E-state index in [9.17, 15) is 22.4 Å². The second-order valence-corrected chi connectivity index (χ2v) is 7.32. The molecule has 0 bridgehead atoms. The molecule has 0 fully saturated rings. The summed E-state index contributed by atoms with van der Waals surface area (Å²) >= 11 is 0. The quantitative estimate of drug-likeness (QED) is 0.238. The van der Waals surface area contributed by atoms with Crippen molar-refractivity contribution in [2.45, 2.75) is 12.8 Å². The lowest BCUT2D eigenvalue weighted by atomic mass is 10.0. The van der Waals surface area contributed by atoms with E-state index in [0.29, 0.717) is 16.0 Å². The summed E-state index contributed by atoms with van der Waals surface area (Å²) in [5.74, 6) is -5.50. The molecule has 0 amide bonds. The van der Waals surface area contributed by atoms with Crippen molar-refractivity contribution in [1.29, 1.82) is 0 Å². The summed E-state index contributed by atoms with van der Waals surface area (Å²) < 4.78 is 73.4. The van der Waals surface area contributed by atoms with Gasteiger partial charge in [-0.1, -0.05) is 11.2 Å². The summed E-state index contributed by atoms with van der Waals surface area (Å²) in [6.07, 6.45) is 0.977. The number of hydrogen-bond donors (Lipinski definition) is 0. The highest BCUT2D eigenvalue weighted by Gasteiger charge is 2.42. The molecule has 0 N–H and O–H groups in total. The second kappa shape index (κ2) is 9.61. The Balaban J connectivity index is 1.96. The van der Waals surface area contributed by atoms with E-state index < -0.39 is 35.6 Å². The minimum absolute atomic E-state index is 0.0123. The molecule has 4 aromatic rings. The topological polar surface area (TPSA) is 79.4 Å². The fourth-order valence-corrected chi connectivity index (χ4v) is 3.55. The largest absolute Gasteiger partial charge is 0.497 e. The molecule has 0 aliphatic heterocycles. The van der Waals surface area contributed by atoms with Gasteiger partial charge < -0.3 is 14.0 Å². The molecule has 0 aliphatic carbocycles. The van der Waals surface area contributed by atoms with Gasteiger partial charge in [0.15, 0.2) is 12.4 Å². The monoisotopic (exact) mass is 489 g/mol. The molecule has 2 aromatic heterocycles. The van der Waals surface area contributed by atoms with Crippen LogP contribution in [0.3, 0.4) is 0 Å². The van der Waals surface area contributed by atoms with Gasteiger partial charge in [-0.3, -0.25) is 0 Å². The molecule has 0 unspecified atom stereocenters. The number of carbonyl (C=O) groups excluding carboxylic acids is 1. The Morgan fingerprint density at radius 1 is 1.17 bits per heavy atom. The Hall–Kier alpha value is -4.15. The van der Waals surface area contributed by atoms with Gasteiger partial charge in [0.05, 0.1) is 31.2 Å². The molecule has 0 saturated heterocycles. The number of nitrogens with zero attached hydrogens (tertiary/aromatic N) is 3. The van der Waals surface area contributed by atoms with Gasteiger partial charge >= 0.3 is 11.9 Å². The zero-order chi connectivity index (χ0) is 25.2. The molecule has 2 aromatic carbocycles. The van der Waals surface area contributed by atoms with E-state index in [1.807, 2.05) is 0 Å². The maximum Gasteiger partial charge on any atom is 0.344 e. The van der Waals surface area contributed by atoms with E-state index in [0.717, 1.165) is 18.3 Å². The Bertz CT molecular complexity index is 1350. The average Bonchev–Trinajstić information content (AvgIpc) is 3.49. The molecule has 35 heavy (non-hydrogen) atoms. The number of esters is 1. The van der Waals surface area contributed by atoms with Crippen LogP contribution in [0.15, 0.2) is 59.3 Å². The van der Waals surface area contributed by atoms with Gasteiger partial charge in [-0.15, -0.1) is 0 Å². The summed E-state index contributed by atoms with van der Waals surface area (Å²) in [5, 5.41) is 7.83. The highest BCUT2D eigenvalue weighted by atomic mass is 19.3. The number of carbonyl (C=O) groups is 1. The number of alkyl halides is 3. The first-order valence-corrected chi connectivity index (χ1v) is 10.4. The lowest BCUT2D eigenvalue weighted by Gasteiger charge is -2.16. The van der Waals surface area contributed by atoms with E-state index in [1.165, 1.54) is 19.2 Å². The third-order valence-electron chi connectivity index (χ3n) is 5.12. The summed E-state index contributed by atoms with van der Waals surface area (Å²) in [7, 11) is 1.48. The van der Waals surface area contributed by atoms with E-state index in [2.05, 4.69) is 10.3 Å². The smallest absolute Gasteiger partial charge is 0.344 e. The molecular formula is C24H19F4N3O4. The molecule has 2 heterocycles. The molecule has 0 spiro atoms. The van der Waals surface area contributed by atoms with Crippen LogP contribution in [0.5, 0.6) is 5.75 Å². The number of hydrogen-bond acceptors (Lipinski definition) is 6. The SMILES string of the molecule is CCOC(=O)c1c(-c2ccc(OC)cc2)noc1-c1cnn(-c2cccc(F)c2)c1C(F)(F)CF. The van der Waals surface area contributed by atoms with E-state index in [4.69, 9.17) is 14.0 Å². The number of aromatic nitrogens is 3. The van der Waals surface area contributed by atoms with Crippen LogP contribution in [0, 0.1) is 5.82 Å².